The van der Waals surface area contributed by atoms with Crippen LogP contribution >= 0.6 is 0 Å². The van der Waals surface area contributed by atoms with Gasteiger partial charge in [0.2, 0.25) is 5.91 Å². The third kappa shape index (κ3) is 2.86. The number of rotatable bonds is 3. The lowest BCUT2D eigenvalue weighted by Crippen LogP contribution is -2.49. The fraction of sp³-hybridized carbons (Fsp3) is 0.519. The number of hydrogen-bond acceptors (Lipinski definition) is 1. The second-order valence-corrected chi connectivity index (χ2v) is 9.93. The zero-order valence-corrected chi connectivity index (χ0v) is 18.4. The number of nitrogens with zero attached hydrogens (tertiary/aromatic N) is 1. The van der Waals surface area contributed by atoms with Crippen LogP contribution in [0.25, 0.3) is 11.1 Å². The molecule has 1 heterocycles. The second-order valence-electron chi connectivity index (χ2n) is 9.93. The lowest BCUT2D eigenvalue weighted by molar-refractivity contribution is -0.148. The molecule has 2 saturated carbocycles. The molecule has 0 N–H and O–H groups in total. The monoisotopic (exact) mass is 387 g/mol. The Balaban J connectivity index is 1.46. The molecule has 0 unspecified atom stereocenters. The predicted octanol–water partition coefficient (Wildman–Crippen LogP) is 6.26. The summed E-state index contributed by atoms with van der Waals surface area (Å²) in [5, 5.41) is 0. The summed E-state index contributed by atoms with van der Waals surface area (Å²) in [6.07, 6.45) is 7.40. The minimum absolute atomic E-state index is 0.285. The van der Waals surface area contributed by atoms with E-state index < -0.39 is 0 Å². The Bertz CT molecular complexity index is 973. The smallest absolute Gasteiger partial charge is 0.226 e. The van der Waals surface area contributed by atoms with Crippen molar-refractivity contribution < 1.29 is 4.79 Å². The molecule has 2 aromatic carbocycles. The average Bonchev–Trinajstić information content (AvgIpc) is 3.09. The van der Waals surface area contributed by atoms with Crippen LogP contribution in [0.1, 0.15) is 72.4 Å². The molecule has 0 saturated heterocycles. The van der Waals surface area contributed by atoms with E-state index in [1.54, 1.807) is 0 Å². The van der Waals surface area contributed by atoms with Gasteiger partial charge in [0.05, 0.1) is 0 Å². The van der Waals surface area contributed by atoms with E-state index in [0.29, 0.717) is 11.3 Å². The van der Waals surface area contributed by atoms with Crippen molar-refractivity contribution >= 4 is 5.91 Å². The van der Waals surface area contributed by atoms with Crippen LogP contribution in [-0.2, 0) is 24.3 Å². The highest BCUT2D eigenvalue weighted by Gasteiger charge is 2.51. The van der Waals surface area contributed by atoms with E-state index in [-0.39, 0.29) is 5.92 Å². The highest BCUT2D eigenvalue weighted by atomic mass is 16.2. The Kier molecular flexibility index (Phi) is 4.38. The molecule has 1 amide bonds. The fourth-order valence-corrected chi connectivity index (χ4v) is 6.28. The molecular formula is C27H33NO. The Morgan fingerprint density at radius 3 is 2.17 bits per heavy atom. The van der Waals surface area contributed by atoms with Crippen LogP contribution in [0.4, 0.5) is 0 Å². The summed E-state index contributed by atoms with van der Waals surface area (Å²) in [5.41, 5.74) is 11.6. The largest absolute Gasteiger partial charge is 0.334 e. The number of amides is 1. The van der Waals surface area contributed by atoms with Crippen molar-refractivity contribution in [1.82, 2.24) is 4.90 Å². The average molecular weight is 388 g/mol. The standard InChI is InChI=1S/C27H33NO/c1-5-22-18(3)23-15-28(26(29)21-13-27(14-21)11-6-12-27)16-24(23)19(4)25(22)20-9-7-17(2)8-10-20/h7-10,21H,5-6,11-16H2,1-4H3. The van der Waals surface area contributed by atoms with Crippen molar-refractivity contribution in [3.8, 4) is 11.1 Å². The minimum Gasteiger partial charge on any atom is -0.334 e. The van der Waals surface area contributed by atoms with Gasteiger partial charge in [0.25, 0.3) is 0 Å². The maximum atomic E-state index is 13.2. The molecule has 2 aromatic rings. The van der Waals surface area contributed by atoms with Gasteiger partial charge in [-0.3, -0.25) is 4.79 Å². The number of aryl methyl sites for hydroxylation is 1. The van der Waals surface area contributed by atoms with Gasteiger partial charge in [-0.05, 0) is 97.2 Å². The molecule has 0 bridgehead atoms. The van der Waals surface area contributed by atoms with Crippen molar-refractivity contribution in [3.63, 3.8) is 0 Å². The second kappa shape index (κ2) is 6.72. The van der Waals surface area contributed by atoms with Gasteiger partial charge in [0, 0.05) is 19.0 Å². The fourth-order valence-electron chi connectivity index (χ4n) is 6.28. The normalized spacial score (nSPS) is 19.8. The first-order valence-corrected chi connectivity index (χ1v) is 11.4. The topological polar surface area (TPSA) is 20.3 Å². The predicted molar refractivity (Wildman–Crippen MR) is 119 cm³/mol. The van der Waals surface area contributed by atoms with Crippen molar-refractivity contribution in [2.24, 2.45) is 11.3 Å². The van der Waals surface area contributed by atoms with Gasteiger partial charge in [-0.15, -0.1) is 0 Å². The minimum atomic E-state index is 0.285. The summed E-state index contributed by atoms with van der Waals surface area (Å²) in [6, 6.07) is 8.93. The quantitative estimate of drug-likeness (QED) is 0.608. The summed E-state index contributed by atoms with van der Waals surface area (Å²) in [6.45, 7) is 10.6. The molecule has 0 aromatic heterocycles. The summed E-state index contributed by atoms with van der Waals surface area (Å²) in [4.78, 5) is 15.4. The number of fused-ring (bicyclic) bond motifs is 1. The van der Waals surface area contributed by atoms with Crippen LogP contribution in [-0.4, -0.2) is 10.8 Å². The van der Waals surface area contributed by atoms with Crippen LogP contribution in [0.3, 0.4) is 0 Å². The lowest BCUT2D eigenvalue weighted by atomic mass is 9.51. The van der Waals surface area contributed by atoms with Crippen LogP contribution in [0.5, 0.6) is 0 Å². The van der Waals surface area contributed by atoms with Gasteiger partial charge in [0.1, 0.15) is 0 Å². The molecule has 0 radical (unpaired) electrons. The molecule has 3 aliphatic rings. The van der Waals surface area contributed by atoms with Gasteiger partial charge >= 0.3 is 0 Å². The molecule has 29 heavy (non-hydrogen) atoms. The Morgan fingerprint density at radius 1 is 1.00 bits per heavy atom. The van der Waals surface area contributed by atoms with E-state index in [2.05, 4.69) is 56.9 Å². The molecule has 2 fully saturated rings. The summed E-state index contributed by atoms with van der Waals surface area (Å²) in [7, 11) is 0. The number of carbonyl (C=O) groups excluding carboxylic acids is 1. The summed E-state index contributed by atoms with van der Waals surface area (Å²) < 4.78 is 0. The van der Waals surface area contributed by atoms with Crippen molar-refractivity contribution in [2.45, 2.75) is 79.3 Å². The maximum absolute atomic E-state index is 13.2. The Hall–Kier alpha value is -2.09. The number of hydrogen-bond donors (Lipinski definition) is 0. The van der Waals surface area contributed by atoms with Gasteiger partial charge in [0.15, 0.2) is 0 Å². The van der Waals surface area contributed by atoms with Crippen LogP contribution in [0.15, 0.2) is 24.3 Å². The Morgan fingerprint density at radius 2 is 1.62 bits per heavy atom. The molecule has 152 valence electrons. The van der Waals surface area contributed by atoms with E-state index in [9.17, 15) is 4.79 Å². The van der Waals surface area contributed by atoms with Crippen LogP contribution in [0.2, 0.25) is 0 Å². The molecule has 1 aliphatic heterocycles. The molecule has 5 rings (SSSR count). The first-order valence-electron chi connectivity index (χ1n) is 11.4. The first-order chi connectivity index (χ1) is 13.9. The van der Waals surface area contributed by atoms with Crippen LogP contribution in [0, 0.1) is 32.1 Å². The highest BCUT2D eigenvalue weighted by Crippen LogP contribution is 2.59. The van der Waals surface area contributed by atoms with Gasteiger partial charge < -0.3 is 4.90 Å². The molecule has 1 spiro atoms. The van der Waals surface area contributed by atoms with Crippen molar-refractivity contribution in [1.29, 1.82) is 0 Å². The van der Waals surface area contributed by atoms with Gasteiger partial charge in [-0.2, -0.15) is 0 Å². The zero-order valence-electron chi connectivity index (χ0n) is 18.4. The van der Waals surface area contributed by atoms with Gasteiger partial charge in [-0.25, -0.2) is 0 Å². The molecule has 2 aliphatic carbocycles. The summed E-state index contributed by atoms with van der Waals surface area (Å²) >= 11 is 0. The van der Waals surface area contributed by atoms with E-state index >= 15 is 0 Å². The lowest BCUT2D eigenvalue weighted by Gasteiger charge is -2.54. The maximum Gasteiger partial charge on any atom is 0.226 e. The van der Waals surface area contributed by atoms with Gasteiger partial charge in [-0.1, -0.05) is 43.2 Å². The number of benzene rings is 2. The number of carbonyl (C=O) groups is 1. The van der Waals surface area contributed by atoms with Crippen LogP contribution < -0.4 is 0 Å². The summed E-state index contributed by atoms with van der Waals surface area (Å²) in [5.74, 6) is 0.694. The van der Waals surface area contributed by atoms with E-state index in [1.807, 2.05) is 0 Å². The third-order valence-corrected chi connectivity index (χ3v) is 8.22. The third-order valence-electron chi connectivity index (χ3n) is 8.22. The van der Waals surface area contributed by atoms with E-state index in [1.165, 1.54) is 63.8 Å². The highest BCUT2D eigenvalue weighted by molar-refractivity contribution is 5.82. The Labute approximate surface area is 175 Å². The van der Waals surface area contributed by atoms with E-state index in [0.717, 1.165) is 32.4 Å². The molecule has 2 heteroatoms. The molecule has 2 nitrogen and oxygen atoms in total. The van der Waals surface area contributed by atoms with Crippen molar-refractivity contribution in [2.75, 3.05) is 0 Å². The first kappa shape index (κ1) is 18.9. The zero-order chi connectivity index (χ0) is 20.3. The molecular weight excluding hydrogens is 354 g/mol. The van der Waals surface area contributed by atoms with E-state index in [4.69, 9.17) is 0 Å². The SMILES string of the molecule is CCc1c(C)c2c(c(C)c1-c1ccc(C)cc1)CN(C(=O)C1CC3(CCC3)C1)C2. The van der Waals surface area contributed by atoms with Crippen molar-refractivity contribution in [3.05, 3.63) is 57.6 Å². The molecule has 0 atom stereocenters.